The van der Waals surface area contributed by atoms with E-state index >= 15 is 0 Å². The van der Waals surface area contributed by atoms with Gasteiger partial charge in [0.15, 0.2) is 0 Å². The second-order valence-corrected chi connectivity index (χ2v) is 13.0. The zero-order valence-electron chi connectivity index (χ0n) is 24.2. The number of rotatable bonds is 19. The van der Waals surface area contributed by atoms with E-state index in [0.717, 1.165) is 70.6 Å². The van der Waals surface area contributed by atoms with Gasteiger partial charge in [0.2, 0.25) is 11.8 Å². The van der Waals surface area contributed by atoms with Crippen molar-refractivity contribution in [3.05, 3.63) is 25.3 Å². The average molecular weight is 563 g/mol. The molecular formula is C31H50N2O5S. The van der Waals surface area contributed by atoms with Crippen molar-refractivity contribution in [3.63, 3.8) is 0 Å². The van der Waals surface area contributed by atoms with Gasteiger partial charge in [0.05, 0.1) is 23.2 Å². The zero-order chi connectivity index (χ0) is 28.4. The fourth-order valence-corrected chi connectivity index (χ4v) is 9.29. The van der Waals surface area contributed by atoms with Gasteiger partial charge in [-0.05, 0) is 50.9 Å². The molecule has 1 N–H and O–H groups in total. The van der Waals surface area contributed by atoms with E-state index in [4.69, 9.17) is 9.84 Å². The second kappa shape index (κ2) is 15.3. The minimum absolute atomic E-state index is 0.00402. The number of carbonyl (C=O) groups excluding carboxylic acids is 3. The molecule has 3 aliphatic heterocycles. The van der Waals surface area contributed by atoms with Crippen molar-refractivity contribution in [1.29, 1.82) is 0 Å². The van der Waals surface area contributed by atoms with Crippen LogP contribution in [0.1, 0.15) is 84.5 Å². The van der Waals surface area contributed by atoms with Crippen LogP contribution in [0.2, 0.25) is 0 Å². The fraction of sp³-hybridized carbons (Fsp3) is 0.774. The molecule has 0 aromatic rings. The highest BCUT2D eigenvalue weighted by molar-refractivity contribution is 8.02. The first-order valence-electron chi connectivity index (χ1n) is 15.1. The van der Waals surface area contributed by atoms with Crippen LogP contribution in [0.3, 0.4) is 0 Å². The molecule has 1 spiro atoms. The largest absolute Gasteiger partial charge is 0.465 e. The summed E-state index contributed by atoms with van der Waals surface area (Å²) in [6, 6.07) is -0.579. The normalized spacial score (nSPS) is 28.9. The molecule has 3 fully saturated rings. The molecule has 8 heteroatoms. The Balaban J connectivity index is 1.88. The lowest BCUT2D eigenvalue weighted by molar-refractivity contribution is -0.154. The lowest BCUT2D eigenvalue weighted by atomic mass is 9.66. The topological polar surface area (TPSA) is 87.1 Å². The van der Waals surface area contributed by atoms with Gasteiger partial charge in [0, 0.05) is 31.5 Å². The number of aliphatic hydroxyl groups excluding tert-OH is 1. The van der Waals surface area contributed by atoms with E-state index in [2.05, 4.69) is 27.0 Å². The molecule has 3 saturated heterocycles. The molecule has 6 atom stereocenters. The summed E-state index contributed by atoms with van der Waals surface area (Å²) < 4.78 is 5.12. The van der Waals surface area contributed by atoms with E-state index in [0.29, 0.717) is 26.2 Å². The Kier molecular flexibility index (Phi) is 12.4. The van der Waals surface area contributed by atoms with E-state index in [-0.39, 0.29) is 35.6 Å². The molecule has 2 bridgehead atoms. The van der Waals surface area contributed by atoms with E-state index in [1.807, 2.05) is 15.9 Å². The van der Waals surface area contributed by atoms with Crippen molar-refractivity contribution >= 4 is 29.5 Å². The number of carbonyl (C=O) groups is 3. The summed E-state index contributed by atoms with van der Waals surface area (Å²) in [6.45, 7) is 14.0. The molecular weight excluding hydrogens is 512 g/mol. The Labute approximate surface area is 239 Å². The Morgan fingerprint density at radius 1 is 1.13 bits per heavy atom. The number of hydrogen-bond acceptors (Lipinski definition) is 6. The van der Waals surface area contributed by atoms with Gasteiger partial charge in [-0.1, -0.05) is 51.7 Å². The van der Waals surface area contributed by atoms with Crippen molar-refractivity contribution in [2.24, 2.45) is 17.8 Å². The first-order valence-corrected chi connectivity index (χ1v) is 16.0. The molecule has 0 saturated carbocycles. The number of nitrogens with zero attached hydrogens (tertiary/aromatic N) is 2. The van der Waals surface area contributed by atoms with Gasteiger partial charge in [-0.2, -0.15) is 0 Å². The van der Waals surface area contributed by atoms with E-state index in [1.54, 1.807) is 17.8 Å². The Morgan fingerprint density at radius 2 is 1.90 bits per heavy atom. The van der Waals surface area contributed by atoms with Crippen LogP contribution >= 0.6 is 11.8 Å². The third kappa shape index (κ3) is 6.75. The molecule has 3 unspecified atom stereocenters. The van der Waals surface area contributed by atoms with Crippen LogP contribution in [0.15, 0.2) is 25.3 Å². The predicted molar refractivity (Wildman–Crippen MR) is 157 cm³/mol. The highest BCUT2D eigenvalue weighted by atomic mass is 32.2. The summed E-state index contributed by atoms with van der Waals surface area (Å²) in [4.78, 5) is 45.7. The van der Waals surface area contributed by atoms with Crippen molar-refractivity contribution in [1.82, 2.24) is 9.80 Å². The highest BCUT2D eigenvalue weighted by Crippen LogP contribution is 2.68. The summed E-state index contributed by atoms with van der Waals surface area (Å²) in [7, 11) is 0. The third-order valence-corrected chi connectivity index (χ3v) is 10.9. The number of aliphatic hydroxyl groups is 1. The average Bonchev–Trinajstić information content (AvgIpc) is 3.51. The second-order valence-electron chi connectivity index (χ2n) is 11.5. The maximum absolute atomic E-state index is 14.4. The lowest BCUT2D eigenvalue weighted by Crippen LogP contribution is -2.57. The number of allylic oxidation sites excluding steroid dienone is 1. The maximum atomic E-state index is 14.4. The van der Waals surface area contributed by atoms with Gasteiger partial charge in [0.1, 0.15) is 6.04 Å². The number of amides is 2. The van der Waals surface area contributed by atoms with Gasteiger partial charge in [0.25, 0.3) is 0 Å². The maximum Gasteiger partial charge on any atom is 0.310 e. The Bertz CT molecular complexity index is 866. The third-order valence-electron chi connectivity index (χ3n) is 8.80. The monoisotopic (exact) mass is 562 g/mol. The molecule has 3 heterocycles. The van der Waals surface area contributed by atoms with Crippen molar-refractivity contribution in [2.45, 2.75) is 101 Å². The molecule has 39 heavy (non-hydrogen) atoms. The lowest BCUT2D eigenvalue weighted by Gasteiger charge is -2.40. The van der Waals surface area contributed by atoms with Crippen molar-refractivity contribution in [3.8, 4) is 0 Å². The quantitative estimate of drug-likeness (QED) is 0.136. The molecule has 2 amide bonds. The number of esters is 1. The molecule has 0 aromatic heterocycles. The molecule has 0 aromatic carbocycles. The number of hydrogen-bond donors (Lipinski definition) is 1. The van der Waals surface area contributed by atoms with Crippen LogP contribution in [0.5, 0.6) is 0 Å². The molecule has 3 aliphatic rings. The van der Waals surface area contributed by atoms with Gasteiger partial charge >= 0.3 is 5.97 Å². The molecule has 7 nitrogen and oxygen atoms in total. The molecule has 220 valence electrons. The number of unbranched alkanes of at least 4 members (excludes halogenated alkanes) is 7. The Morgan fingerprint density at radius 3 is 2.59 bits per heavy atom. The summed E-state index contributed by atoms with van der Waals surface area (Å²) >= 11 is 1.71. The summed E-state index contributed by atoms with van der Waals surface area (Å²) in [5.74, 6) is -1.22. The van der Waals surface area contributed by atoms with Crippen LogP contribution < -0.4 is 0 Å². The van der Waals surface area contributed by atoms with Gasteiger partial charge < -0.3 is 19.6 Å². The number of likely N-dealkylation sites (tertiary alicyclic amines) is 1. The predicted octanol–water partition coefficient (Wildman–Crippen LogP) is 4.98. The summed E-state index contributed by atoms with van der Waals surface area (Å²) in [5.41, 5.74) is 0. The smallest absolute Gasteiger partial charge is 0.310 e. The number of thioether (sulfide) groups is 1. The van der Waals surface area contributed by atoms with E-state index in [9.17, 15) is 14.4 Å². The summed E-state index contributed by atoms with van der Waals surface area (Å²) in [6.07, 6.45) is 13.3. The standard InChI is InChI=1S/C31H50N2O5S/c1-5-8-10-16-21-38-30(37)25-24-22-23(4)31(39-24)26(25)28(35)33(19-14-11-12-15-20-34)27(31)29(36)32(17-7-3)18-13-9-6-2/h5,7,23-27,34H,1,3,6,8-22H2,2,4H3/t23?,24-,25+,26+,27?,31?/m1/s1. The first kappa shape index (κ1) is 31.7. The minimum Gasteiger partial charge on any atom is -0.465 e. The van der Waals surface area contributed by atoms with Crippen LogP contribution in [-0.2, 0) is 19.1 Å². The van der Waals surface area contributed by atoms with Crippen molar-refractivity contribution in [2.75, 3.05) is 32.8 Å². The van der Waals surface area contributed by atoms with Gasteiger partial charge in [-0.25, -0.2) is 0 Å². The number of fused-ring (bicyclic) bond motifs is 1. The van der Waals surface area contributed by atoms with E-state index in [1.165, 1.54) is 0 Å². The SMILES string of the molecule is C=CCCCCOC(=O)[C@@H]1[C@H]2C(=O)N(CCCCCCO)C(C(=O)N(CC=C)CCCCC)C23S[C@@H]1CC3C. The van der Waals surface area contributed by atoms with Gasteiger partial charge in [-0.15, -0.1) is 24.9 Å². The number of ether oxygens (including phenoxy) is 1. The molecule has 0 radical (unpaired) electrons. The highest BCUT2D eigenvalue weighted by Gasteiger charge is 2.76. The van der Waals surface area contributed by atoms with Crippen molar-refractivity contribution < 1.29 is 24.2 Å². The molecule has 3 rings (SSSR count). The fourth-order valence-electron chi connectivity index (χ4n) is 6.89. The zero-order valence-corrected chi connectivity index (χ0v) is 25.0. The van der Waals surface area contributed by atoms with Crippen LogP contribution in [0, 0.1) is 17.8 Å². The van der Waals surface area contributed by atoms with E-state index < -0.39 is 22.6 Å². The van der Waals surface area contributed by atoms with Crippen LogP contribution in [0.4, 0.5) is 0 Å². The van der Waals surface area contributed by atoms with Crippen LogP contribution in [-0.4, -0.2) is 81.6 Å². The van der Waals surface area contributed by atoms with Crippen LogP contribution in [0.25, 0.3) is 0 Å². The minimum atomic E-state index is -0.610. The first-order chi connectivity index (χ1) is 18.9. The Hall–Kier alpha value is -1.80. The molecule has 0 aliphatic carbocycles. The van der Waals surface area contributed by atoms with Gasteiger partial charge in [-0.3, -0.25) is 14.4 Å². The summed E-state index contributed by atoms with van der Waals surface area (Å²) in [5, 5.41) is 9.16.